The maximum atomic E-state index is 11.7. The van der Waals surface area contributed by atoms with E-state index in [-0.39, 0.29) is 11.9 Å². The van der Waals surface area contributed by atoms with Crippen LogP contribution >= 0.6 is 0 Å². The second-order valence-electron chi connectivity index (χ2n) is 3.74. The van der Waals surface area contributed by atoms with Crippen molar-refractivity contribution in [3.05, 3.63) is 0 Å². The molecule has 0 heterocycles. The summed E-state index contributed by atoms with van der Waals surface area (Å²) in [6, 6.07) is 0. The molecule has 0 N–H and O–H groups in total. The minimum Gasteiger partial charge on any atom is -0.370 e. The van der Waals surface area contributed by atoms with Gasteiger partial charge < -0.3 is 4.74 Å². The van der Waals surface area contributed by atoms with E-state index in [0.29, 0.717) is 25.4 Å². The van der Waals surface area contributed by atoms with Gasteiger partial charge in [-0.05, 0) is 32.1 Å². The highest BCUT2D eigenvalue weighted by Crippen LogP contribution is 2.35. The van der Waals surface area contributed by atoms with Gasteiger partial charge in [0.05, 0.1) is 0 Å². The summed E-state index contributed by atoms with van der Waals surface area (Å²) in [6.45, 7) is 2.56. The van der Waals surface area contributed by atoms with Crippen LogP contribution in [0.3, 0.4) is 0 Å². The number of ether oxygens (including phenoxy) is 1. The van der Waals surface area contributed by atoms with E-state index in [1.807, 2.05) is 6.92 Å². The quantitative estimate of drug-likeness (QED) is 0.458. The maximum absolute atomic E-state index is 11.7. The Labute approximate surface area is 86.0 Å². The molecule has 0 aliphatic heterocycles. The van der Waals surface area contributed by atoms with Crippen molar-refractivity contribution in [2.75, 3.05) is 6.61 Å². The van der Waals surface area contributed by atoms with Gasteiger partial charge in [0.15, 0.2) is 5.78 Å². The number of carbonyl (C=O) groups is 1. The third-order valence-corrected chi connectivity index (χ3v) is 2.46. The molecule has 0 aromatic heterocycles. The summed E-state index contributed by atoms with van der Waals surface area (Å²) in [4.78, 5) is 11.7. The van der Waals surface area contributed by atoms with E-state index in [0.717, 1.165) is 19.3 Å². The molecule has 0 amide bonds. The van der Waals surface area contributed by atoms with Gasteiger partial charge in [0.2, 0.25) is 0 Å². The van der Waals surface area contributed by atoms with Crippen LogP contribution in [0.2, 0.25) is 0 Å². The summed E-state index contributed by atoms with van der Waals surface area (Å²) in [5.74, 6) is 3.28. The van der Waals surface area contributed by atoms with Crippen molar-refractivity contribution in [2.45, 2.75) is 45.1 Å². The highest BCUT2D eigenvalue weighted by atomic mass is 16.5. The number of carbonyl (C=O) groups excluding carboxylic acids is 1. The fraction of sp³-hybridized carbons (Fsp3) is 0.750. The molecule has 2 nitrogen and oxygen atoms in total. The Kier molecular flexibility index (Phi) is 4.69. The highest BCUT2D eigenvalue weighted by Gasteiger charge is 2.35. The standard InChI is InChI=1S/C12H18O2/c1-3-5-6-7-11(13)12(14-4-2)10-8-9-10/h1,10,12H,4-9H2,2H3. The number of rotatable bonds is 7. The molecule has 1 fully saturated rings. The predicted octanol–water partition coefficient (Wildman–Crippen LogP) is 2.17. The highest BCUT2D eigenvalue weighted by molar-refractivity contribution is 5.83. The number of ketones is 1. The van der Waals surface area contributed by atoms with Crippen molar-refractivity contribution in [3.63, 3.8) is 0 Å². The predicted molar refractivity (Wildman–Crippen MR) is 55.8 cm³/mol. The van der Waals surface area contributed by atoms with E-state index in [9.17, 15) is 4.79 Å². The molecule has 1 rings (SSSR count). The van der Waals surface area contributed by atoms with Crippen molar-refractivity contribution < 1.29 is 9.53 Å². The Balaban J connectivity index is 2.27. The van der Waals surface area contributed by atoms with E-state index < -0.39 is 0 Å². The number of terminal acetylenes is 1. The van der Waals surface area contributed by atoms with Crippen molar-refractivity contribution in [2.24, 2.45) is 5.92 Å². The number of hydrogen-bond donors (Lipinski definition) is 0. The van der Waals surface area contributed by atoms with Crippen LogP contribution in [0.25, 0.3) is 0 Å². The summed E-state index contributed by atoms with van der Waals surface area (Å²) in [7, 11) is 0. The molecule has 0 radical (unpaired) electrons. The lowest BCUT2D eigenvalue weighted by atomic mass is 10.1. The second kappa shape index (κ2) is 5.82. The van der Waals surface area contributed by atoms with Gasteiger partial charge >= 0.3 is 0 Å². The van der Waals surface area contributed by atoms with Crippen LogP contribution in [0.15, 0.2) is 0 Å². The third-order valence-electron chi connectivity index (χ3n) is 2.46. The fourth-order valence-corrected chi connectivity index (χ4v) is 1.58. The van der Waals surface area contributed by atoms with Gasteiger partial charge in [-0.3, -0.25) is 4.79 Å². The summed E-state index contributed by atoms with van der Waals surface area (Å²) < 4.78 is 5.46. The Morgan fingerprint density at radius 3 is 2.86 bits per heavy atom. The summed E-state index contributed by atoms with van der Waals surface area (Å²) in [6.07, 6.45) is 9.34. The fourth-order valence-electron chi connectivity index (χ4n) is 1.58. The second-order valence-corrected chi connectivity index (χ2v) is 3.74. The molecule has 1 aliphatic carbocycles. The molecular weight excluding hydrogens is 176 g/mol. The van der Waals surface area contributed by atoms with Crippen LogP contribution in [0, 0.1) is 18.3 Å². The first-order valence-corrected chi connectivity index (χ1v) is 5.37. The zero-order chi connectivity index (χ0) is 10.4. The number of unbranched alkanes of at least 4 members (excludes halogenated alkanes) is 1. The molecule has 0 aromatic rings. The molecule has 14 heavy (non-hydrogen) atoms. The Morgan fingerprint density at radius 1 is 1.64 bits per heavy atom. The number of Topliss-reactive ketones (excluding diaryl/α,β-unsaturated/α-hetero) is 1. The van der Waals surface area contributed by atoms with Crippen molar-refractivity contribution in [3.8, 4) is 12.3 Å². The first kappa shape index (κ1) is 11.3. The molecule has 78 valence electrons. The maximum Gasteiger partial charge on any atom is 0.161 e. The first-order chi connectivity index (χ1) is 6.79. The topological polar surface area (TPSA) is 26.3 Å². The van der Waals surface area contributed by atoms with Crippen LogP contribution < -0.4 is 0 Å². The molecule has 0 saturated heterocycles. The average molecular weight is 194 g/mol. The van der Waals surface area contributed by atoms with Gasteiger partial charge in [0.1, 0.15) is 6.10 Å². The van der Waals surface area contributed by atoms with Gasteiger partial charge in [-0.25, -0.2) is 0 Å². The molecule has 2 heteroatoms. The molecule has 1 saturated carbocycles. The van der Waals surface area contributed by atoms with E-state index in [4.69, 9.17) is 11.2 Å². The van der Waals surface area contributed by atoms with Crippen LogP contribution in [0.5, 0.6) is 0 Å². The van der Waals surface area contributed by atoms with Crippen molar-refractivity contribution in [1.29, 1.82) is 0 Å². The Bertz CT molecular complexity index is 223. The minimum absolute atomic E-state index is 0.141. The molecule has 1 atom stereocenters. The Morgan fingerprint density at radius 2 is 2.36 bits per heavy atom. The van der Waals surface area contributed by atoms with Gasteiger partial charge in [-0.2, -0.15) is 0 Å². The molecular formula is C12H18O2. The van der Waals surface area contributed by atoms with E-state index in [2.05, 4.69) is 5.92 Å². The van der Waals surface area contributed by atoms with E-state index >= 15 is 0 Å². The minimum atomic E-state index is -0.141. The van der Waals surface area contributed by atoms with Crippen LogP contribution in [-0.4, -0.2) is 18.5 Å². The molecule has 0 bridgehead atoms. The lowest BCUT2D eigenvalue weighted by molar-refractivity contribution is -0.131. The molecule has 1 aliphatic rings. The first-order valence-electron chi connectivity index (χ1n) is 5.37. The molecule has 0 spiro atoms. The summed E-state index contributed by atoms with van der Waals surface area (Å²) in [5, 5.41) is 0. The van der Waals surface area contributed by atoms with E-state index in [1.54, 1.807) is 0 Å². The van der Waals surface area contributed by atoms with Gasteiger partial charge in [-0.15, -0.1) is 12.3 Å². The van der Waals surface area contributed by atoms with Crippen molar-refractivity contribution >= 4 is 5.78 Å². The van der Waals surface area contributed by atoms with Crippen LogP contribution in [-0.2, 0) is 9.53 Å². The monoisotopic (exact) mass is 194 g/mol. The SMILES string of the molecule is C#CCCCC(=O)C(OCC)C1CC1. The summed E-state index contributed by atoms with van der Waals surface area (Å²) in [5.41, 5.74) is 0. The van der Waals surface area contributed by atoms with Crippen LogP contribution in [0.4, 0.5) is 0 Å². The Hall–Kier alpha value is -0.810. The van der Waals surface area contributed by atoms with Gasteiger partial charge in [0, 0.05) is 19.4 Å². The zero-order valence-electron chi connectivity index (χ0n) is 8.79. The third kappa shape index (κ3) is 3.51. The molecule has 1 unspecified atom stereocenters. The molecule has 0 aromatic carbocycles. The van der Waals surface area contributed by atoms with E-state index in [1.165, 1.54) is 0 Å². The van der Waals surface area contributed by atoms with Gasteiger partial charge in [0.25, 0.3) is 0 Å². The zero-order valence-corrected chi connectivity index (χ0v) is 8.79. The lowest BCUT2D eigenvalue weighted by Gasteiger charge is -2.14. The smallest absolute Gasteiger partial charge is 0.161 e. The lowest BCUT2D eigenvalue weighted by Crippen LogP contribution is -2.26. The average Bonchev–Trinajstić information content (AvgIpc) is 2.98. The van der Waals surface area contributed by atoms with Gasteiger partial charge in [-0.1, -0.05) is 0 Å². The van der Waals surface area contributed by atoms with Crippen LogP contribution in [0.1, 0.15) is 39.0 Å². The van der Waals surface area contributed by atoms with Crippen molar-refractivity contribution in [1.82, 2.24) is 0 Å². The summed E-state index contributed by atoms with van der Waals surface area (Å²) >= 11 is 0. The number of hydrogen-bond acceptors (Lipinski definition) is 2. The largest absolute Gasteiger partial charge is 0.370 e. The normalized spacial score (nSPS) is 17.4.